The molecule has 12 nitrogen and oxygen atoms in total. The molecule has 0 aliphatic carbocycles. The van der Waals surface area contributed by atoms with Crippen LogP contribution in [-0.2, 0) is 33.3 Å². The number of hydrazine groups is 1. The maximum atomic E-state index is 13.9. The molecule has 0 spiro atoms. The molecule has 1 saturated heterocycles. The predicted octanol–water partition coefficient (Wildman–Crippen LogP) is 2.77. The minimum Gasteiger partial charge on any atom is -0.463 e. The average Bonchev–Trinajstić information content (AvgIpc) is 2.91. The molecule has 0 bridgehead atoms. The molecule has 5 atom stereocenters. The second-order valence-electron chi connectivity index (χ2n) is 9.00. The van der Waals surface area contributed by atoms with Crippen molar-refractivity contribution in [3.63, 3.8) is 0 Å². The fraction of sp³-hybridized carbons (Fsp3) is 0.346. The van der Waals surface area contributed by atoms with Crippen molar-refractivity contribution in [1.82, 2.24) is 9.99 Å². The number of aromatic nitrogens is 1. The summed E-state index contributed by atoms with van der Waals surface area (Å²) >= 11 is 7.06. The van der Waals surface area contributed by atoms with Gasteiger partial charge in [-0.3, -0.25) is 14.4 Å². The first kappa shape index (κ1) is 33.5. The third kappa shape index (κ3) is 8.51. The molecule has 1 fully saturated rings. The number of rotatable bonds is 9. The van der Waals surface area contributed by atoms with Crippen molar-refractivity contribution in [3.05, 3.63) is 64.3 Å². The number of nitrogens with two attached hydrogens (primary N) is 2. The lowest BCUT2D eigenvalue weighted by Crippen LogP contribution is -2.66. The molecule has 4 N–H and O–H groups in total. The number of carbonyl (C=O) groups excluding carboxylic acids is 3. The molecule has 17 heteroatoms. The Bertz CT molecular complexity index is 1450. The van der Waals surface area contributed by atoms with E-state index in [-0.39, 0.29) is 22.0 Å². The second-order valence-corrected chi connectivity index (χ2v) is 10.6. The zero-order valence-corrected chi connectivity index (χ0v) is 24.3. The van der Waals surface area contributed by atoms with Crippen LogP contribution in [0.1, 0.15) is 32.0 Å². The zero-order chi connectivity index (χ0) is 32.0. The standard InChI is InChI=1S/C26H25ClF3N5O7S/c1-11(36)39-10-21-24(40-12(2)37)23(35(33)9-19(32)14-4-17(28)22(30)18(29)5-14)25(41-13(3)38)26(42-21)43-15-6-16(27)20(7-31)34-8-15/h4-6,8-9,21,23-26H,10,32-33H2,1-3H3/b19-9-. The Balaban J connectivity index is 2.13. The van der Waals surface area contributed by atoms with E-state index < -0.39 is 71.8 Å². The number of esters is 3. The molecule has 2 aromatic rings. The Kier molecular flexibility index (Phi) is 11.2. The minimum absolute atomic E-state index is 0.0214. The van der Waals surface area contributed by atoms with Crippen molar-refractivity contribution < 1.29 is 46.5 Å². The summed E-state index contributed by atoms with van der Waals surface area (Å²) in [7, 11) is 0. The van der Waals surface area contributed by atoms with Crippen molar-refractivity contribution in [2.24, 2.45) is 11.6 Å². The number of hydrogen-bond donors (Lipinski definition) is 2. The first-order chi connectivity index (χ1) is 20.2. The summed E-state index contributed by atoms with van der Waals surface area (Å²) in [4.78, 5) is 40.3. The van der Waals surface area contributed by atoms with Gasteiger partial charge in [0, 0.05) is 43.6 Å². The van der Waals surface area contributed by atoms with Gasteiger partial charge in [-0.2, -0.15) is 5.26 Å². The van der Waals surface area contributed by atoms with Gasteiger partial charge in [-0.05, 0) is 18.2 Å². The van der Waals surface area contributed by atoms with E-state index in [1.807, 2.05) is 6.07 Å². The minimum atomic E-state index is -1.71. The van der Waals surface area contributed by atoms with Crippen LogP contribution in [0, 0.1) is 28.8 Å². The largest absolute Gasteiger partial charge is 0.463 e. The highest BCUT2D eigenvalue weighted by Gasteiger charge is 2.52. The highest BCUT2D eigenvalue weighted by atomic mass is 35.5. The molecule has 1 aliphatic rings. The monoisotopic (exact) mass is 643 g/mol. The maximum Gasteiger partial charge on any atom is 0.303 e. The Hall–Kier alpha value is -4.04. The molecule has 5 unspecified atom stereocenters. The molecule has 0 saturated carbocycles. The molecule has 0 radical (unpaired) electrons. The molecule has 3 rings (SSSR count). The van der Waals surface area contributed by atoms with Gasteiger partial charge < -0.3 is 29.7 Å². The number of hydrogen-bond acceptors (Lipinski definition) is 13. The van der Waals surface area contributed by atoms with Gasteiger partial charge >= 0.3 is 17.9 Å². The van der Waals surface area contributed by atoms with Gasteiger partial charge in [-0.25, -0.2) is 24.0 Å². The molecular weight excluding hydrogens is 619 g/mol. The van der Waals surface area contributed by atoms with E-state index >= 15 is 0 Å². The molecule has 43 heavy (non-hydrogen) atoms. The quantitative estimate of drug-likeness (QED) is 0.134. The van der Waals surface area contributed by atoms with Crippen LogP contribution in [0.4, 0.5) is 13.2 Å². The van der Waals surface area contributed by atoms with Crippen LogP contribution in [0.25, 0.3) is 5.70 Å². The van der Waals surface area contributed by atoms with Gasteiger partial charge in [0.1, 0.15) is 30.3 Å². The number of carbonyl (C=O) groups is 3. The molecular formula is C26H25ClF3N5O7S. The molecule has 230 valence electrons. The summed E-state index contributed by atoms with van der Waals surface area (Å²) in [5, 5.41) is 10.0. The van der Waals surface area contributed by atoms with Crippen LogP contribution in [0.5, 0.6) is 0 Å². The predicted molar refractivity (Wildman–Crippen MR) is 145 cm³/mol. The van der Waals surface area contributed by atoms with E-state index in [2.05, 4.69) is 4.98 Å². The molecule has 2 heterocycles. The fourth-order valence-corrected chi connectivity index (χ4v) is 5.45. The van der Waals surface area contributed by atoms with E-state index in [0.717, 1.165) is 43.7 Å². The van der Waals surface area contributed by atoms with Gasteiger partial charge in [0.15, 0.2) is 35.4 Å². The summed E-state index contributed by atoms with van der Waals surface area (Å²) in [5.74, 6) is -0.674. The lowest BCUT2D eigenvalue weighted by atomic mass is 9.96. The molecule has 1 aromatic heterocycles. The number of benzene rings is 1. The Morgan fingerprint density at radius 1 is 1.12 bits per heavy atom. The zero-order valence-electron chi connectivity index (χ0n) is 22.8. The van der Waals surface area contributed by atoms with E-state index in [4.69, 9.17) is 47.4 Å². The smallest absolute Gasteiger partial charge is 0.303 e. The SMILES string of the molecule is CC(=O)OCC1OC(Sc2cnc(C#N)c(Cl)c2)C(OC(C)=O)C(N(N)/C=C(\N)c2cc(F)c(F)c(F)c2)C1OC(C)=O. The lowest BCUT2D eigenvalue weighted by molar-refractivity contribution is -0.215. The van der Waals surface area contributed by atoms with E-state index in [1.165, 1.54) is 12.3 Å². The van der Waals surface area contributed by atoms with Crippen LogP contribution in [-0.4, -0.2) is 64.3 Å². The van der Waals surface area contributed by atoms with Crippen molar-refractivity contribution >= 4 is 47.0 Å². The maximum absolute atomic E-state index is 13.9. The van der Waals surface area contributed by atoms with Gasteiger partial charge in [0.2, 0.25) is 0 Å². The van der Waals surface area contributed by atoms with Crippen LogP contribution < -0.4 is 11.6 Å². The van der Waals surface area contributed by atoms with Crippen LogP contribution in [0.3, 0.4) is 0 Å². The number of ether oxygens (including phenoxy) is 4. The normalized spacial score (nSPS) is 21.8. The molecule has 0 amide bonds. The summed E-state index contributed by atoms with van der Waals surface area (Å²) in [5.41, 5.74) is 4.19. The van der Waals surface area contributed by atoms with E-state index in [9.17, 15) is 27.6 Å². The summed E-state index contributed by atoms with van der Waals surface area (Å²) in [6.07, 6.45) is -1.63. The van der Waals surface area contributed by atoms with Gasteiger partial charge in [0.25, 0.3) is 0 Å². The molecule has 1 aliphatic heterocycles. The van der Waals surface area contributed by atoms with Crippen LogP contribution in [0.15, 0.2) is 35.5 Å². The third-order valence-electron chi connectivity index (χ3n) is 5.80. The van der Waals surface area contributed by atoms with E-state index in [0.29, 0.717) is 17.0 Å². The summed E-state index contributed by atoms with van der Waals surface area (Å²) < 4.78 is 63.5. The fourth-order valence-electron chi connectivity index (χ4n) is 4.06. The Morgan fingerprint density at radius 2 is 1.72 bits per heavy atom. The second kappa shape index (κ2) is 14.4. The van der Waals surface area contributed by atoms with Crippen molar-refractivity contribution in [2.45, 2.75) is 55.5 Å². The van der Waals surface area contributed by atoms with E-state index in [1.54, 1.807) is 0 Å². The van der Waals surface area contributed by atoms with Crippen molar-refractivity contribution in [3.8, 4) is 6.07 Å². The van der Waals surface area contributed by atoms with Gasteiger partial charge in [0.05, 0.1) is 10.7 Å². The highest BCUT2D eigenvalue weighted by Crippen LogP contribution is 2.38. The first-order valence-corrected chi connectivity index (χ1v) is 13.5. The topological polar surface area (TPSA) is 180 Å². The number of pyridine rings is 1. The average molecular weight is 644 g/mol. The van der Waals surface area contributed by atoms with Crippen molar-refractivity contribution in [2.75, 3.05) is 6.61 Å². The first-order valence-electron chi connectivity index (χ1n) is 12.2. The lowest BCUT2D eigenvalue weighted by Gasteiger charge is -2.47. The van der Waals surface area contributed by atoms with Gasteiger partial charge in [-0.15, -0.1) is 0 Å². The van der Waals surface area contributed by atoms with Gasteiger partial charge in [-0.1, -0.05) is 23.4 Å². The number of thioether (sulfide) groups is 1. The Labute approximate surface area is 252 Å². The number of nitriles is 1. The highest BCUT2D eigenvalue weighted by molar-refractivity contribution is 7.99. The third-order valence-corrected chi connectivity index (χ3v) is 7.19. The number of halogens is 4. The summed E-state index contributed by atoms with van der Waals surface area (Å²) in [6, 6.07) is 3.19. The summed E-state index contributed by atoms with van der Waals surface area (Å²) in [6.45, 7) is 2.88. The van der Waals surface area contributed by atoms with Crippen LogP contribution >= 0.6 is 23.4 Å². The van der Waals surface area contributed by atoms with Crippen molar-refractivity contribution in [1.29, 1.82) is 5.26 Å². The van der Waals surface area contributed by atoms with Crippen LogP contribution in [0.2, 0.25) is 5.02 Å². The molecule has 1 aromatic carbocycles. The number of nitrogens with zero attached hydrogens (tertiary/aromatic N) is 3. The Morgan fingerprint density at radius 3 is 2.26 bits per heavy atom.